The second-order valence-corrected chi connectivity index (χ2v) is 19.0. The summed E-state index contributed by atoms with van der Waals surface area (Å²) in [4.78, 5) is 1.03. The Morgan fingerprint density at radius 2 is 1.32 bits per heavy atom. The molecule has 4 rings (SSSR count). The molecule has 4 N–H and O–H groups in total. The molecule has 0 fully saturated rings. The second kappa shape index (κ2) is 13.6. The van der Waals surface area contributed by atoms with Crippen molar-refractivity contribution in [3.63, 3.8) is 0 Å². The lowest BCUT2D eigenvalue weighted by atomic mass is 9.81. The maximum atomic E-state index is 11.8. The maximum Gasteiger partial charge on any atom is 0.294 e. The molecule has 2 aromatic rings. The molecule has 0 saturated heterocycles. The maximum absolute atomic E-state index is 11.8. The average molecular weight is 772 g/mol. The molecule has 18 heteroatoms. The Bertz CT molecular complexity index is 2330. The van der Waals surface area contributed by atoms with Crippen LogP contribution < -0.4 is 4.90 Å². The zero-order valence-electron chi connectivity index (χ0n) is 27.8. The summed E-state index contributed by atoms with van der Waals surface area (Å²) in [7, 11) is -17.7. The SMILES string of the molecule is CC(/C=C/C=C1/N(CCS(=O)(=O)O)c2ccc(S(=O)(=O)O)cc2C1(C)C)=C\C=C\C1=[N+](CCS(=O)(=O)O)c2ccc(S(=O)(=O)O)cc2C1(C)C. The van der Waals surface area contributed by atoms with Crippen LogP contribution in [0.15, 0.2) is 93.9 Å². The van der Waals surface area contributed by atoms with Crippen LogP contribution in [0.25, 0.3) is 0 Å². The number of allylic oxidation sites excluding steroid dienone is 8. The van der Waals surface area contributed by atoms with Crippen molar-refractivity contribution in [2.45, 2.75) is 55.2 Å². The topological polar surface area (TPSA) is 224 Å². The average Bonchev–Trinajstić information content (AvgIpc) is 3.31. The Hall–Kier alpha value is -3.49. The van der Waals surface area contributed by atoms with Crippen LogP contribution in [-0.4, -0.2) is 86.8 Å². The van der Waals surface area contributed by atoms with E-state index in [2.05, 4.69) is 0 Å². The van der Waals surface area contributed by atoms with Crippen LogP contribution in [0.3, 0.4) is 0 Å². The molecule has 2 aliphatic rings. The van der Waals surface area contributed by atoms with Crippen molar-refractivity contribution < 1.29 is 56.5 Å². The van der Waals surface area contributed by atoms with Crippen molar-refractivity contribution in [2.75, 3.05) is 29.5 Å². The molecule has 2 aromatic carbocycles. The van der Waals surface area contributed by atoms with Crippen molar-refractivity contribution >= 4 is 57.6 Å². The summed E-state index contributed by atoms with van der Waals surface area (Å²) in [5.41, 5.74) is 2.35. The number of hydrogen-bond acceptors (Lipinski definition) is 9. The van der Waals surface area contributed by atoms with Gasteiger partial charge in [-0.3, -0.25) is 18.2 Å². The first-order valence-electron chi connectivity index (χ1n) is 15.0. The lowest BCUT2D eigenvalue weighted by Crippen LogP contribution is -2.30. The Labute approximate surface area is 292 Å². The molecular formula is C32H39N2O12S4+. The largest absolute Gasteiger partial charge is 0.343 e. The summed E-state index contributed by atoms with van der Waals surface area (Å²) < 4.78 is 133. The molecule has 0 spiro atoms. The van der Waals surface area contributed by atoms with Gasteiger partial charge in [-0.15, -0.1) is 0 Å². The number of rotatable bonds is 12. The van der Waals surface area contributed by atoms with Crippen molar-refractivity contribution in [2.24, 2.45) is 0 Å². The van der Waals surface area contributed by atoms with E-state index >= 15 is 0 Å². The van der Waals surface area contributed by atoms with Gasteiger partial charge >= 0.3 is 0 Å². The van der Waals surface area contributed by atoms with Gasteiger partial charge in [0.05, 0.1) is 21.0 Å². The molecule has 0 saturated carbocycles. The predicted molar refractivity (Wildman–Crippen MR) is 189 cm³/mol. The van der Waals surface area contributed by atoms with Crippen molar-refractivity contribution in [3.05, 3.63) is 95.3 Å². The van der Waals surface area contributed by atoms with Gasteiger partial charge in [0.25, 0.3) is 40.5 Å². The normalized spacial score (nSPS) is 18.9. The molecule has 0 radical (unpaired) electrons. The van der Waals surface area contributed by atoms with E-state index in [0.717, 1.165) is 5.57 Å². The van der Waals surface area contributed by atoms with Gasteiger partial charge in [-0.1, -0.05) is 43.7 Å². The van der Waals surface area contributed by atoms with E-state index in [-0.39, 0.29) is 22.9 Å². The third kappa shape index (κ3) is 8.68. The fraction of sp³-hybridized carbons (Fsp3) is 0.344. The smallest absolute Gasteiger partial charge is 0.294 e. The van der Waals surface area contributed by atoms with Crippen LogP contribution >= 0.6 is 0 Å². The molecule has 50 heavy (non-hydrogen) atoms. The zero-order chi connectivity index (χ0) is 37.7. The Morgan fingerprint density at radius 1 is 0.760 bits per heavy atom. The lowest BCUT2D eigenvalue weighted by Gasteiger charge is -2.26. The summed E-state index contributed by atoms with van der Waals surface area (Å²) in [6.07, 6.45) is 10.4. The highest BCUT2D eigenvalue weighted by Crippen LogP contribution is 2.48. The van der Waals surface area contributed by atoms with E-state index < -0.39 is 62.8 Å². The first-order valence-corrected chi connectivity index (χ1v) is 21.1. The van der Waals surface area contributed by atoms with Crippen LogP contribution in [0.4, 0.5) is 11.4 Å². The number of benzene rings is 2. The number of anilines is 1. The van der Waals surface area contributed by atoms with E-state index in [1.165, 1.54) is 36.4 Å². The van der Waals surface area contributed by atoms with Crippen LogP contribution in [0.5, 0.6) is 0 Å². The van der Waals surface area contributed by atoms with Gasteiger partial charge in [-0.05, 0) is 62.7 Å². The standard InChI is InChI=1S/C32H38N2O12S4/c1-22(8-6-10-29-31(2,3)25-20-23(49(41,42)43)12-14-27(25)33(29)16-18-47(35,36)37)9-7-11-30-32(4,5)26-21-24(50(44,45)46)13-15-28(26)34(30)17-19-48(38,39)40/h6-15,20-21H,16-19H2,1-5H3,(H3-,35,36,37,38,39,40,41,42,43,44,45,46)/p+1. The van der Waals surface area contributed by atoms with Gasteiger partial charge in [0.15, 0.2) is 12.3 Å². The highest BCUT2D eigenvalue weighted by Gasteiger charge is 2.45. The van der Waals surface area contributed by atoms with E-state index in [4.69, 9.17) is 0 Å². The molecule has 0 unspecified atom stereocenters. The van der Waals surface area contributed by atoms with Gasteiger partial charge in [0.1, 0.15) is 5.75 Å². The minimum atomic E-state index is -4.51. The number of nitrogens with zero attached hydrogens (tertiary/aromatic N) is 2. The van der Waals surface area contributed by atoms with Crippen LogP contribution in [0, 0.1) is 0 Å². The molecule has 0 bridgehead atoms. The summed E-state index contributed by atoms with van der Waals surface area (Å²) in [6, 6.07) is 8.01. The van der Waals surface area contributed by atoms with Crippen molar-refractivity contribution in [3.8, 4) is 0 Å². The monoisotopic (exact) mass is 771 g/mol. The van der Waals surface area contributed by atoms with Crippen molar-refractivity contribution in [1.82, 2.24) is 0 Å². The summed E-state index contributed by atoms with van der Waals surface area (Å²) >= 11 is 0. The quantitative estimate of drug-likeness (QED) is 0.136. The fourth-order valence-electron chi connectivity index (χ4n) is 6.16. The highest BCUT2D eigenvalue weighted by molar-refractivity contribution is 7.86. The number of fused-ring (bicyclic) bond motifs is 2. The highest BCUT2D eigenvalue weighted by atomic mass is 32.2. The summed E-state index contributed by atoms with van der Waals surface area (Å²) in [6.45, 7) is 8.78. The minimum absolute atomic E-state index is 0.131. The zero-order valence-corrected chi connectivity index (χ0v) is 31.1. The molecule has 2 heterocycles. The van der Waals surface area contributed by atoms with E-state index in [1.54, 1.807) is 52.9 Å². The van der Waals surface area contributed by atoms with Crippen LogP contribution in [0.2, 0.25) is 0 Å². The molecule has 0 aromatic heterocycles. The minimum Gasteiger partial charge on any atom is -0.343 e. The Kier molecular flexibility index (Phi) is 10.7. The fourth-order valence-corrected chi connectivity index (χ4v) is 8.00. The van der Waals surface area contributed by atoms with E-state index in [0.29, 0.717) is 33.9 Å². The van der Waals surface area contributed by atoms with Gasteiger partial charge in [0, 0.05) is 41.1 Å². The Morgan fingerprint density at radius 3 is 1.88 bits per heavy atom. The third-order valence-electron chi connectivity index (χ3n) is 8.69. The van der Waals surface area contributed by atoms with E-state index in [9.17, 15) is 51.9 Å². The molecular weight excluding hydrogens is 733 g/mol. The Balaban J connectivity index is 1.68. The molecule has 14 nitrogen and oxygen atoms in total. The van der Waals surface area contributed by atoms with Crippen LogP contribution in [0.1, 0.15) is 45.7 Å². The van der Waals surface area contributed by atoms with Gasteiger partial charge < -0.3 is 4.90 Å². The van der Waals surface area contributed by atoms with Gasteiger partial charge in [0.2, 0.25) is 5.69 Å². The molecule has 272 valence electrons. The molecule has 0 atom stereocenters. The first-order chi connectivity index (χ1) is 22.7. The number of hydrogen-bond donors (Lipinski definition) is 4. The summed E-state index contributed by atoms with van der Waals surface area (Å²) in [5, 5.41) is 0. The molecule has 0 amide bonds. The third-order valence-corrected chi connectivity index (χ3v) is 11.8. The van der Waals surface area contributed by atoms with Crippen molar-refractivity contribution in [1.29, 1.82) is 0 Å². The molecule has 0 aliphatic carbocycles. The van der Waals surface area contributed by atoms with E-state index in [1.807, 2.05) is 27.7 Å². The first kappa shape index (κ1) is 39.3. The van der Waals surface area contributed by atoms with Gasteiger partial charge in [-0.25, -0.2) is 0 Å². The molecule has 2 aliphatic heterocycles. The predicted octanol–water partition coefficient (Wildman–Crippen LogP) is 4.07. The van der Waals surface area contributed by atoms with Gasteiger partial charge in [-0.2, -0.15) is 38.2 Å². The summed E-state index contributed by atoms with van der Waals surface area (Å²) in [5.74, 6) is -1.18. The van der Waals surface area contributed by atoms with Crippen LogP contribution in [-0.2, 0) is 51.3 Å². The second-order valence-electron chi connectivity index (χ2n) is 13.0. The lowest BCUT2D eigenvalue weighted by molar-refractivity contribution is -0.432.